The molecule has 0 rings (SSSR count). The van der Waals surface area contributed by atoms with E-state index in [-0.39, 0.29) is 19.1 Å². The highest BCUT2D eigenvalue weighted by Crippen LogP contribution is 2.43. The van der Waals surface area contributed by atoms with Gasteiger partial charge < -0.3 is 4.89 Å². The van der Waals surface area contributed by atoms with Gasteiger partial charge in [-0.2, -0.15) is 0 Å². The van der Waals surface area contributed by atoms with Crippen molar-refractivity contribution in [1.29, 1.82) is 0 Å². The van der Waals surface area contributed by atoms with Gasteiger partial charge in [-0.3, -0.25) is 9.05 Å². The van der Waals surface area contributed by atoms with Crippen molar-refractivity contribution < 1.29 is 18.5 Å². The number of rotatable bonds is 11. The quantitative estimate of drug-likeness (QED) is 0.352. The largest absolute Gasteiger partial charge is 0.472 e. The highest BCUT2D eigenvalue weighted by molar-refractivity contribution is 7.47. The van der Waals surface area contributed by atoms with Crippen LogP contribution in [0.4, 0.5) is 0 Å². The molecule has 0 aliphatic heterocycles. The average molecular weight is 321 g/mol. The number of halogens is 2. The van der Waals surface area contributed by atoms with Crippen molar-refractivity contribution in [1.82, 2.24) is 0 Å². The average Bonchev–Trinajstić information content (AvgIpc) is 2.30. The number of unbranched alkanes of at least 4 members (excludes halogenated alkanes) is 2. The van der Waals surface area contributed by atoms with Crippen molar-refractivity contribution in [3.05, 3.63) is 0 Å². The summed E-state index contributed by atoms with van der Waals surface area (Å²) in [5.74, 6) is 0.853. The van der Waals surface area contributed by atoms with Crippen LogP contribution in [0.2, 0.25) is 0 Å². The summed E-state index contributed by atoms with van der Waals surface area (Å²) in [7, 11) is -3.97. The Morgan fingerprint density at radius 1 is 1.22 bits per heavy atom. The first-order valence-electron chi connectivity index (χ1n) is 6.19. The highest BCUT2D eigenvalue weighted by atomic mass is 35.5. The van der Waals surface area contributed by atoms with Crippen molar-refractivity contribution in [2.45, 2.75) is 44.9 Å². The number of hydrogen-bond acceptors (Lipinski definition) is 3. The topological polar surface area (TPSA) is 55.8 Å². The van der Waals surface area contributed by atoms with Gasteiger partial charge >= 0.3 is 7.82 Å². The second kappa shape index (κ2) is 10.5. The molecule has 18 heavy (non-hydrogen) atoms. The summed E-state index contributed by atoms with van der Waals surface area (Å²) in [4.78, 5) is 9.31. The zero-order chi connectivity index (χ0) is 14.0. The van der Waals surface area contributed by atoms with Crippen molar-refractivity contribution in [2.75, 3.05) is 19.1 Å². The fraction of sp³-hybridized carbons (Fsp3) is 1.00. The van der Waals surface area contributed by atoms with E-state index < -0.39 is 13.2 Å². The fourth-order valence-electron chi connectivity index (χ4n) is 1.27. The van der Waals surface area contributed by atoms with Crippen LogP contribution >= 0.6 is 31.0 Å². The minimum absolute atomic E-state index is 0.0911. The number of alkyl halides is 2. The van der Waals surface area contributed by atoms with Crippen LogP contribution in [0, 0.1) is 5.92 Å². The monoisotopic (exact) mass is 320 g/mol. The molecule has 0 aromatic heterocycles. The maximum Gasteiger partial charge on any atom is 0.472 e. The summed E-state index contributed by atoms with van der Waals surface area (Å²) in [6, 6.07) is 0. The third kappa shape index (κ3) is 11.8. The molecule has 0 amide bonds. The first kappa shape index (κ1) is 18.7. The molecule has 0 spiro atoms. The molecule has 0 heterocycles. The van der Waals surface area contributed by atoms with Crippen LogP contribution in [0.3, 0.4) is 0 Å². The van der Waals surface area contributed by atoms with Gasteiger partial charge in [0, 0.05) is 5.88 Å². The lowest BCUT2D eigenvalue weighted by atomic mass is 10.1. The van der Waals surface area contributed by atoms with E-state index in [0.717, 1.165) is 25.7 Å². The molecule has 0 saturated heterocycles. The normalized spacial score (nSPS) is 16.8. The second-order valence-electron chi connectivity index (χ2n) is 4.59. The predicted molar refractivity (Wildman–Crippen MR) is 75.4 cm³/mol. The minimum atomic E-state index is -3.97. The Labute approximate surface area is 120 Å². The SMILES string of the molecule is CC(C)CCCCCOP(=O)(O)OCC(Cl)CCl. The van der Waals surface area contributed by atoms with E-state index in [0.29, 0.717) is 5.92 Å². The Bertz CT molecular complexity index is 251. The van der Waals surface area contributed by atoms with Crippen LogP contribution in [-0.4, -0.2) is 29.4 Å². The summed E-state index contributed by atoms with van der Waals surface area (Å²) in [5, 5.41) is -0.484. The van der Waals surface area contributed by atoms with Gasteiger partial charge in [-0.25, -0.2) is 4.57 Å². The lowest BCUT2D eigenvalue weighted by molar-refractivity contribution is 0.148. The van der Waals surface area contributed by atoms with Crippen molar-refractivity contribution in [3.8, 4) is 0 Å². The molecule has 110 valence electrons. The van der Waals surface area contributed by atoms with Gasteiger partial charge in [0.2, 0.25) is 0 Å². The van der Waals surface area contributed by atoms with Gasteiger partial charge in [-0.05, 0) is 12.3 Å². The Morgan fingerprint density at radius 3 is 2.44 bits per heavy atom. The molecule has 2 unspecified atom stereocenters. The highest BCUT2D eigenvalue weighted by Gasteiger charge is 2.22. The Morgan fingerprint density at radius 2 is 1.89 bits per heavy atom. The van der Waals surface area contributed by atoms with Gasteiger partial charge in [0.15, 0.2) is 0 Å². The minimum Gasteiger partial charge on any atom is -0.302 e. The van der Waals surface area contributed by atoms with E-state index in [1.54, 1.807) is 0 Å². The zero-order valence-electron chi connectivity index (χ0n) is 11.0. The lowest BCUT2D eigenvalue weighted by Crippen LogP contribution is -2.10. The van der Waals surface area contributed by atoms with Crippen LogP contribution < -0.4 is 0 Å². The number of phosphoric ester groups is 1. The first-order chi connectivity index (χ1) is 8.37. The van der Waals surface area contributed by atoms with Crippen molar-refractivity contribution >= 4 is 31.0 Å². The summed E-state index contributed by atoms with van der Waals surface area (Å²) in [6.45, 7) is 4.48. The molecule has 0 aromatic rings. The van der Waals surface area contributed by atoms with E-state index in [1.165, 1.54) is 0 Å². The van der Waals surface area contributed by atoms with Gasteiger partial charge in [0.05, 0.1) is 18.6 Å². The van der Waals surface area contributed by atoms with Gasteiger partial charge in [0.1, 0.15) is 0 Å². The molecular weight excluding hydrogens is 298 g/mol. The van der Waals surface area contributed by atoms with Crippen molar-refractivity contribution in [2.24, 2.45) is 5.92 Å². The lowest BCUT2D eigenvalue weighted by Gasteiger charge is -2.13. The summed E-state index contributed by atoms with van der Waals surface area (Å²) in [5.41, 5.74) is 0. The Hall–Kier alpha value is 0.690. The van der Waals surface area contributed by atoms with E-state index in [9.17, 15) is 9.46 Å². The van der Waals surface area contributed by atoms with Gasteiger partial charge in [0.25, 0.3) is 0 Å². The zero-order valence-corrected chi connectivity index (χ0v) is 13.4. The molecule has 7 heteroatoms. The van der Waals surface area contributed by atoms with Crippen LogP contribution in [0.5, 0.6) is 0 Å². The smallest absolute Gasteiger partial charge is 0.302 e. The molecule has 0 aromatic carbocycles. The second-order valence-corrected chi connectivity index (χ2v) is 6.97. The Balaban J connectivity index is 3.55. The molecule has 0 bridgehead atoms. The molecule has 0 saturated carbocycles. The van der Waals surface area contributed by atoms with E-state index >= 15 is 0 Å². The molecule has 0 aliphatic rings. The summed E-state index contributed by atoms with van der Waals surface area (Å²) >= 11 is 11.1. The fourth-order valence-corrected chi connectivity index (χ4v) is 2.31. The summed E-state index contributed by atoms with van der Waals surface area (Å²) < 4.78 is 20.9. The molecule has 4 nitrogen and oxygen atoms in total. The molecule has 0 aliphatic carbocycles. The van der Waals surface area contributed by atoms with Gasteiger partial charge in [-0.15, -0.1) is 23.2 Å². The van der Waals surface area contributed by atoms with Gasteiger partial charge in [-0.1, -0.05) is 33.1 Å². The predicted octanol–water partition coefficient (Wildman–Crippen LogP) is 4.18. The van der Waals surface area contributed by atoms with Crippen LogP contribution in [0.25, 0.3) is 0 Å². The maximum atomic E-state index is 11.4. The van der Waals surface area contributed by atoms with Crippen molar-refractivity contribution in [3.63, 3.8) is 0 Å². The third-order valence-electron chi connectivity index (χ3n) is 2.27. The van der Waals surface area contributed by atoms with Crippen LogP contribution in [0.15, 0.2) is 0 Å². The molecule has 0 fully saturated rings. The molecule has 0 radical (unpaired) electrons. The molecule has 2 atom stereocenters. The van der Waals surface area contributed by atoms with Crippen LogP contribution in [-0.2, 0) is 13.6 Å². The van der Waals surface area contributed by atoms with E-state index in [4.69, 9.17) is 32.2 Å². The van der Waals surface area contributed by atoms with E-state index in [1.807, 2.05) is 0 Å². The number of hydrogen-bond donors (Lipinski definition) is 1. The summed E-state index contributed by atoms with van der Waals surface area (Å²) in [6.07, 6.45) is 4.00. The molecule has 1 N–H and O–H groups in total. The molecular formula is C11H23Cl2O4P. The first-order valence-corrected chi connectivity index (χ1v) is 8.66. The van der Waals surface area contributed by atoms with E-state index in [2.05, 4.69) is 13.8 Å². The number of phosphoric acid groups is 1. The Kier molecular flexibility index (Phi) is 10.9. The van der Waals surface area contributed by atoms with Crippen LogP contribution in [0.1, 0.15) is 39.5 Å². The standard InChI is InChI=1S/C11H23Cl2O4P/c1-10(2)6-4-3-5-7-16-18(14,15)17-9-11(13)8-12/h10-11H,3-9H2,1-2H3,(H,14,15). The third-order valence-corrected chi connectivity index (χ3v) is 4.06. The maximum absolute atomic E-state index is 11.4.